The summed E-state index contributed by atoms with van der Waals surface area (Å²) in [4.78, 5) is 12.0. The van der Waals surface area contributed by atoms with Crippen molar-refractivity contribution in [1.82, 2.24) is 0 Å². The van der Waals surface area contributed by atoms with E-state index in [0.29, 0.717) is 12.2 Å². The Morgan fingerprint density at radius 3 is 2.81 bits per heavy atom. The van der Waals surface area contributed by atoms with Gasteiger partial charge in [-0.15, -0.1) is 0 Å². The summed E-state index contributed by atoms with van der Waals surface area (Å²) >= 11 is 0. The number of carbonyl (C=O) groups excluding carboxylic acids is 1. The van der Waals surface area contributed by atoms with Gasteiger partial charge in [0.1, 0.15) is 5.75 Å². The highest BCUT2D eigenvalue weighted by molar-refractivity contribution is 5.97. The predicted octanol–water partition coefficient (Wildman–Crippen LogP) is 2.47. The molecule has 2 aromatic rings. The normalized spacial score (nSPS) is 17.9. The number of ketones is 1. The molecule has 1 aromatic heterocycles. The van der Waals surface area contributed by atoms with Crippen LogP contribution in [0, 0.1) is 0 Å². The molecule has 0 bridgehead atoms. The minimum absolute atomic E-state index is 0.0961. The number of ether oxygens (including phenoxy) is 1. The van der Waals surface area contributed by atoms with E-state index in [1.807, 2.05) is 24.3 Å². The number of rotatable bonds is 2. The van der Waals surface area contributed by atoms with E-state index in [1.54, 1.807) is 12.1 Å². The summed E-state index contributed by atoms with van der Waals surface area (Å²) in [5.74, 6) is 1.06. The van der Waals surface area contributed by atoms with Crippen molar-refractivity contribution < 1.29 is 13.9 Å². The van der Waals surface area contributed by atoms with Gasteiger partial charge in [-0.1, -0.05) is 18.2 Å². The van der Waals surface area contributed by atoms with Crippen molar-refractivity contribution in [2.45, 2.75) is 12.5 Å². The Bertz CT molecular complexity index is 489. The summed E-state index contributed by atoms with van der Waals surface area (Å²) in [5, 5.41) is 0. The zero-order valence-corrected chi connectivity index (χ0v) is 8.55. The van der Waals surface area contributed by atoms with E-state index < -0.39 is 6.10 Å². The van der Waals surface area contributed by atoms with Crippen molar-refractivity contribution in [2.75, 3.05) is 0 Å². The molecule has 1 aromatic carbocycles. The van der Waals surface area contributed by atoms with Crippen LogP contribution in [0.5, 0.6) is 5.75 Å². The molecule has 0 spiro atoms. The summed E-state index contributed by atoms with van der Waals surface area (Å²) < 4.78 is 10.7. The number of Topliss-reactive ketones (excluding diaryl/α,β-unsaturated/α-hetero) is 1. The Hall–Kier alpha value is -2.03. The molecule has 0 N–H and O–H groups in total. The Labute approximate surface area is 92.6 Å². The average Bonchev–Trinajstić information content (AvgIpc) is 2.97. The molecular weight excluding hydrogens is 204 g/mol. The van der Waals surface area contributed by atoms with E-state index in [9.17, 15) is 4.79 Å². The van der Waals surface area contributed by atoms with Crippen LogP contribution in [0.1, 0.15) is 16.1 Å². The van der Waals surface area contributed by atoms with Crippen LogP contribution >= 0.6 is 0 Å². The van der Waals surface area contributed by atoms with Gasteiger partial charge in [0, 0.05) is 6.42 Å². The molecule has 1 atom stereocenters. The smallest absolute Gasteiger partial charge is 0.238 e. The lowest BCUT2D eigenvalue weighted by atomic mass is 10.1. The first-order chi connectivity index (χ1) is 7.84. The fraction of sp³-hybridized carbons (Fsp3) is 0.154. The van der Waals surface area contributed by atoms with Gasteiger partial charge in [-0.25, -0.2) is 0 Å². The molecule has 0 fully saturated rings. The lowest BCUT2D eigenvalue weighted by molar-refractivity contribution is 0.0795. The van der Waals surface area contributed by atoms with Crippen molar-refractivity contribution in [3.8, 4) is 5.75 Å². The second-order valence-electron chi connectivity index (χ2n) is 3.76. The molecule has 80 valence electrons. The molecule has 16 heavy (non-hydrogen) atoms. The standard InChI is InChI=1S/C13H10O3/c14-13(11-6-3-7-15-11)12-8-9-4-1-2-5-10(9)16-12/h1-7,12H,8H2/t12-/m1/s1. The Balaban J connectivity index is 1.84. The van der Waals surface area contributed by atoms with Crippen molar-refractivity contribution in [1.29, 1.82) is 0 Å². The molecule has 3 heteroatoms. The summed E-state index contributed by atoms with van der Waals surface area (Å²) in [7, 11) is 0. The summed E-state index contributed by atoms with van der Waals surface area (Å²) in [6.07, 6.45) is 1.67. The van der Waals surface area contributed by atoms with Gasteiger partial charge in [-0.2, -0.15) is 0 Å². The minimum atomic E-state index is -0.441. The van der Waals surface area contributed by atoms with Crippen molar-refractivity contribution >= 4 is 5.78 Å². The summed E-state index contributed by atoms with van der Waals surface area (Å²) in [6, 6.07) is 11.1. The first-order valence-electron chi connectivity index (χ1n) is 5.17. The van der Waals surface area contributed by atoms with Gasteiger partial charge >= 0.3 is 0 Å². The number of hydrogen-bond donors (Lipinski definition) is 0. The van der Waals surface area contributed by atoms with E-state index in [0.717, 1.165) is 11.3 Å². The molecule has 0 aliphatic carbocycles. The molecule has 1 aliphatic heterocycles. The highest BCUT2D eigenvalue weighted by Gasteiger charge is 2.30. The summed E-state index contributed by atoms with van der Waals surface area (Å²) in [5.41, 5.74) is 1.08. The number of carbonyl (C=O) groups is 1. The third-order valence-corrected chi connectivity index (χ3v) is 2.70. The molecule has 0 saturated heterocycles. The number of para-hydroxylation sites is 1. The van der Waals surface area contributed by atoms with Crippen LogP contribution in [0.2, 0.25) is 0 Å². The van der Waals surface area contributed by atoms with E-state index in [2.05, 4.69) is 0 Å². The van der Waals surface area contributed by atoms with Crippen molar-refractivity contribution in [3.05, 3.63) is 54.0 Å². The minimum Gasteiger partial charge on any atom is -0.481 e. The van der Waals surface area contributed by atoms with E-state index in [-0.39, 0.29) is 5.78 Å². The van der Waals surface area contributed by atoms with Crippen LogP contribution < -0.4 is 4.74 Å². The van der Waals surface area contributed by atoms with Crippen molar-refractivity contribution in [2.24, 2.45) is 0 Å². The largest absolute Gasteiger partial charge is 0.481 e. The first-order valence-corrected chi connectivity index (χ1v) is 5.17. The third-order valence-electron chi connectivity index (χ3n) is 2.70. The highest BCUT2D eigenvalue weighted by atomic mass is 16.5. The van der Waals surface area contributed by atoms with Crippen LogP contribution in [0.15, 0.2) is 47.1 Å². The van der Waals surface area contributed by atoms with Gasteiger partial charge in [0.2, 0.25) is 5.78 Å². The number of fused-ring (bicyclic) bond motifs is 1. The molecule has 3 rings (SSSR count). The topological polar surface area (TPSA) is 39.4 Å². The van der Waals surface area contributed by atoms with Crippen molar-refractivity contribution in [3.63, 3.8) is 0 Å². The van der Waals surface area contributed by atoms with Gasteiger partial charge in [-0.05, 0) is 23.8 Å². The van der Waals surface area contributed by atoms with Gasteiger partial charge in [0.15, 0.2) is 11.9 Å². The number of benzene rings is 1. The van der Waals surface area contributed by atoms with Crippen LogP contribution in [0.3, 0.4) is 0 Å². The zero-order valence-electron chi connectivity index (χ0n) is 8.55. The molecule has 0 amide bonds. The lowest BCUT2D eigenvalue weighted by Gasteiger charge is -2.06. The number of furan rings is 1. The van der Waals surface area contributed by atoms with Gasteiger partial charge in [-0.3, -0.25) is 4.79 Å². The Morgan fingerprint density at radius 2 is 2.06 bits per heavy atom. The zero-order chi connectivity index (χ0) is 11.0. The van der Waals surface area contributed by atoms with Gasteiger partial charge in [0.25, 0.3) is 0 Å². The first kappa shape index (κ1) is 9.21. The van der Waals surface area contributed by atoms with E-state index >= 15 is 0 Å². The maximum absolute atomic E-state index is 12.0. The predicted molar refractivity (Wildman–Crippen MR) is 57.6 cm³/mol. The van der Waals surface area contributed by atoms with Crippen LogP contribution in [-0.2, 0) is 6.42 Å². The van der Waals surface area contributed by atoms with E-state index in [4.69, 9.17) is 9.15 Å². The molecule has 3 nitrogen and oxygen atoms in total. The van der Waals surface area contributed by atoms with Crippen LogP contribution in [0.25, 0.3) is 0 Å². The fourth-order valence-electron chi connectivity index (χ4n) is 1.91. The second kappa shape index (κ2) is 3.52. The van der Waals surface area contributed by atoms with Gasteiger partial charge in [0.05, 0.1) is 6.26 Å². The monoisotopic (exact) mass is 214 g/mol. The number of hydrogen-bond acceptors (Lipinski definition) is 3. The van der Waals surface area contributed by atoms with Gasteiger partial charge < -0.3 is 9.15 Å². The highest BCUT2D eigenvalue weighted by Crippen LogP contribution is 2.29. The summed E-state index contributed by atoms with van der Waals surface area (Å²) in [6.45, 7) is 0. The average molecular weight is 214 g/mol. The quantitative estimate of drug-likeness (QED) is 0.721. The third kappa shape index (κ3) is 1.41. The fourth-order valence-corrected chi connectivity index (χ4v) is 1.91. The Kier molecular flexibility index (Phi) is 2.03. The van der Waals surface area contributed by atoms with Crippen LogP contribution in [0.4, 0.5) is 0 Å². The Morgan fingerprint density at radius 1 is 1.19 bits per heavy atom. The molecule has 0 unspecified atom stereocenters. The molecule has 0 radical (unpaired) electrons. The molecular formula is C13H10O3. The maximum atomic E-state index is 12.0. The van der Waals surface area contributed by atoms with E-state index in [1.165, 1.54) is 6.26 Å². The molecule has 2 heterocycles. The SMILES string of the molecule is O=C(c1ccco1)[C@H]1Cc2ccccc2O1. The molecule has 1 aliphatic rings. The van der Waals surface area contributed by atoms with Crippen LogP contribution in [-0.4, -0.2) is 11.9 Å². The lowest BCUT2D eigenvalue weighted by Crippen LogP contribution is -2.24. The maximum Gasteiger partial charge on any atom is 0.238 e. The molecule has 0 saturated carbocycles. The second-order valence-corrected chi connectivity index (χ2v) is 3.76.